The number of aliphatic hydroxyl groups is 2. The molecule has 3 rings (SSSR count). The molecule has 0 aliphatic heterocycles. The minimum atomic E-state index is -1.14. The standard InChI is InChI=1S/C28H39IN2O8/c1-3-38-12-6-10-31(28(36)19-7-4-5-8-19)22-15-20(27(35)30-9-11-32)16-23(25(22)34)39-26-21(29)13-18(17-33)14-24(26)37-2/h13-14,16-17,19,22-23,25,32,34H,3-12,15H2,1-2H3,(H,30,35)/t22-,23+,25+/m1/s1. The number of amides is 2. The summed E-state index contributed by atoms with van der Waals surface area (Å²) in [6, 6.07) is 2.47. The van der Waals surface area contributed by atoms with E-state index >= 15 is 0 Å². The molecule has 2 amide bonds. The zero-order chi connectivity index (χ0) is 28.4. The Hall–Kier alpha value is -2.22. The fraction of sp³-hybridized carbons (Fsp3) is 0.607. The molecule has 3 atom stereocenters. The predicted octanol–water partition coefficient (Wildman–Crippen LogP) is 2.47. The summed E-state index contributed by atoms with van der Waals surface area (Å²) in [5, 5.41) is 23.5. The molecule has 0 aromatic heterocycles. The molecule has 0 heterocycles. The highest BCUT2D eigenvalue weighted by Gasteiger charge is 2.42. The normalized spacial score (nSPS) is 21.3. The highest BCUT2D eigenvalue weighted by atomic mass is 127. The minimum absolute atomic E-state index is 0.0219. The topological polar surface area (TPSA) is 135 Å². The molecule has 11 heteroatoms. The summed E-state index contributed by atoms with van der Waals surface area (Å²) in [5.41, 5.74) is 0.768. The molecular formula is C28H39IN2O8. The SMILES string of the molecule is CCOCCCN(C(=O)C1CCCC1)[C@@H]1CC(C(=O)NCCO)=C[C@H](Oc2c(I)cc(C=O)cc2OC)[C@H]1O. The van der Waals surface area contributed by atoms with Gasteiger partial charge in [0.05, 0.1) is 23.3 Å². The third-order valence-corrected chi connectivity index (χ3v) is 7.94. The first-order chi connectivity index (χ1) is 18.8. The molecule has 0 spiro atoms. The number of nitrogens with zero attached hydrogens (tertiary/aromatic N) is 1. The van der Waals surface area contributed by atoms with E-state index in [0.717, 1.165) is 25.7 Å². The van der Waals surface area contributed by atoms with E-state index in [1.807, 2.05) is 29.5 Å². The molecule has 1 aromatic rings. The summed E-state index contributed by atoms with van der Waals surface area (Å²) >= 11 is 2.03. The van der Waals surface area contributed by atoms with E-state index in [-0.39, 0.29) is 31.4 Å². The number of benzene rings is 1. The van der Waals surface area contributed by atoms with Gasteiger partial charge in [0.1, 0.15) is 18.5 Å². The number of aldehydes is 1. The van der Waals surface area contributed by atoms with Crippen LogP contribution in [0.4, 0.5) is 0 Å². The van der Waals surface area contributed by atoms with Gasteiger partial charge in [-0.25, -0.2) is 0 Å². The summed E-state index contributed by atoms with van der Waals surface area (Å²) < 4.78 is 17.8. The van der Waals surface area contributed by atoms with Crippen LogP contribution in [0.15, 0.2) is 23.8 Å². The second kappa shape index (κ2) is 15.5. The summed E-state index contributed by atoms with van der Waals surface area (Å²) in [6.45, 7) is 3.20. The van der Waals surface area contributed by atoms with Gasteiger partial charge in [-0.1, -0.05) is 12.8 Å². The van der Waals surface area contributed by atoms with Gasteiger partial charge < -0.3 is 34.6 Å². The maximum atomic E-state index is 13.7. The van der Waals surface area contributed by atoms with Gasteiger partial charge in [0, 0.05) is 49.8 Å². The van der Waals surface area contributed by atoms with Crippen molar-refractivity contribution in [1.82, 2.24) is 10.2 Å². The Morgan fingerprint density at radius 2 is 2.00 bits per heavy atom. The summed E-state index contributed by atoms with van der Waals surface area (Å²) in [5.74, 6) is 0.109. The molecule has 0 bridgehead atoms. The second-order valence-electron chi connectivity index (χ2n) is 9.73. The smallest absolute Gasteiger partial charge is 0.247 e. The molecule has 2 aliphatic carbocycles. The van der Waals surface area contributed by atoms with Crippen LogP contribution in [-0.4, -0.2) is 91.5 Å². The Morgan fingerprint density at radius 3 is 2.64 bits per heavy atom. The zero-order valence-corrected chi connectivity index (χ0v) is 24.7. The number of carbonyl (C=O) groups excluding carboxylic acids is 3. The molecule has 0 saturated heterocycles. The predicted molar refractivity (Wildman–Crippen MR) is 153 cm³/mol. The summed E-state index contributed by atoms with van der Waals surface area (Å²) in [6.07, 6.45) is 4.49. The molecule has 1 aromatic carbocycles. The lowest BCUT2D eigenvalue weighted by Crippen LogP contribution is -2.56. The number of carbonyl (C=O) groups is 3. The fourth-order valence-corrected chi connectivity index (χ4v) is 5.92. The van der Waals surface area contributed by atoms with Gasteiger partial charge in [0.25, 0.3) is 0 Å². The first-order valence-corrected chi connectivity index (χ1v) is 14.6. The van der Waals surface area contributed by atoms with Crippen molar-refractivity contribution in [1.29, 1.82) is 0 Å². The number of methoxy groups -OCH3 is 1. The average molecular weight is 659 g/mol. The van der Waals surface area contributed by atoms with Gasteiger partial charge in [-0.15, -0.1) is 0 Å². The molecule has 1 fully saturated rings. The van der Waals surface area contributed by atoms with Crippen LogP contribution in [-0.2, 0) is 14.3 Å². The molecule has 2 aliphatic rings. The Balaban J connectivity index is 1.97. The zero-order valence-electron chi connectivity index (χ0n) is 22.6. The highest BCUT2D eigenvalue weighted by Crippen LogP contribution is 2.37. The quantitative estimate of drug-likeness (QED) is 0.158. The van der Waals surface area contributed by atoms with E-state index in [2.05, 4.69) is 5.32 Å². The van der Waals surface area contributed by atoms with Crippen molar-refractivity contribution in [2.45, 2.75) is 63.7 Å². The highest BCUT2D eigenvalue weighted by molar-refractivity contribution is 14.1. The molecule has 3 N–H and O–H groups in total. The number of nitrogens with one attached hydrogen (secondary N) is 1. The molecular weight excluding hydrogens is 619 g/mol. The van der Waals surface area contributed by atoms with Crippen molar-refractivity contribution >= 4 is 40.7 Å². The van der Waals surface area contributed by atoms with E-state index in [1.165, 1.54) is 7.11 Å². The number of halogens is 1. The van der Waals surface area contributed by atoms with Crippen LogP contribution >= 0.6 is 22.6 Å². The maximum absolute atomic E-state index is 13.7. The second-order valence-corrected chi connectivity index (χ2v) is 10.9. The molecule has 1 saturated carbocycles. The van der Waals surface area contributed by atoms with Gasteiger partial charge in [0.2, 0.25) is 11.8 Å². The van der Waals surface area contributed by atoms with E-state index in [0.29, 0.717) is 58.7 Å². The maximum Gasteiger partial charge on any atom is 0.247 e. The summed E-state index contributed by atoms with van der Waals surface area (Å²) in [7, 11) is 1.46. The third kappa shape index (κ3) is 8.15. The Labute approximate surface area is 243 Å². The van der Waals surface area contributed by atoms with Crippen molar-refractivity contribution < 1.29 is 38.8 Å². The van der Waals surface area contributed by atoms with Crippen LogP contribution in [0.2, 0.25) is 0 Å². The Kier molecular flexibility index (Phi) is 12.5. The van der Waals surface area contributed by atoms with Crippen molar-refractivity contribution in [2.75, 3.05) is 40.0 Å². The van der Waals surface area contributed by atoms with Crippen LogP contribution in [0.5, 0.6) is 11.5 Å². The largest absolute Gasteiger partial charge is 0.493 e. The van der Waals surface area contributed by atoms with Crippen LogP contribution in [0.25, 0.3) is 0 Å². The number of hydrogen-bond donors (Lipinski definition) is 3. The molecule has 39 heavy (non-hydrogen) atoms. The van der Waals surface area contributed by atoms with Gasteiger partial charge in [-0.05, 0) is 67.0 Å². The van der Waals surface area contributed by atoms with Crippen LogP contribution in [0.3, 0.4) is 0 Å². The first kappa shape index (κ1) is 31.3. The fourth-order valence-electron chi connectivity index (χ4n) is 5.17. The number of hydrogen-bond acceptors (Lipinski definition) is 8. The number of aliphatic hydroxyl groups excluding tert-OH is 2. The molecule has 0 radical (unpaired) electrons. The van der Waals surface area contributed by atoms with E-state index < -0.39 is 24.2 Å². The van der Waals surface area contributed by atoms with Gasteiger partial charge in [0.15, 0.2) is 11.5 Å². The molecule has 10 nitrogen and oxygen atoms in total. The van der Waals surface area contributed by atoms with Crippen molar-refractivity contribution in [3.63, 3.8) is 0 Å². The van der Waals surface area contributed by atoms with Crippen LogP contribution in [0, 0.1) is 9.49 Å². The van der Waals surface area contributed by atoms with Crippen molar-refractivity contribution in [3.8, 4) is 11.5 Å². The van der Waals surface area contributed by atoms with Gasteiger partial charge in [-0.2, -0.15) is 0 Å². The lowest BCUT2D eigenvalue weighted by Gasteiger charge is -2.41. The molecule has 216 valence electrons. The van der Waals surface area contributed by atoms with E-state index in [1.54, 1.807) is 23.1 Å². The Morgan fingerprint density at radius 1 is 1.26 bits per heavy atom. The molecule has 0 unspecified atom stereocenters. The van der Waals surface area contributed by atoms with Gasteiger partial charge >= 0.3 is 0 Å². The average Bonchev–Trinajstić information content (AvgIpc) is 3.48. The number of rotatable bonds is 14. The van der Waals surface area contributed by atoms with Gasteiger partial charge in [-0.3, -0.25) is 14.4 Å². The third-order valence-electron chi connectivity index (χ3n) is 7.14. The lowest BCUT2D eigenvalue weighted by molar-refractivity contribution is -0.143. The van der Waals surface area contributed by atoms with Crippen LogP contribution < -0.4 is 14.8 Å². The monoisotopic (exact) mass is 658 g/mol. The Bertz CT molecular complexity index is 1030. The lowest BCUT2D eigenvalue weighted by atomic mass is 9.87. The van der Waals surface area contributed by atoms with Crippen LogP contribution in [0.1, 0.15) is 55.8 Å². The number of ether oxygens (including phenoxy) is 3. The first-order valence-electron chi connectivity index (χ1n) is 13.5. The summed E-state index contributed by atoms with van der Waals surface area (Å²) in [4.78, 5) is 39.8. The van der Waals surface area contributed by atoms with E-state index in [9.17, 15) is 24.6 Å². The van der Waals surface area contributed by atoms with Crippen molar-refractivity contribution in [3.05, 3.63) is 32.9 Å². The minimum Gasteiger partial charge on any atom is -0.493 e. The van der Waals surface area contributed by atoms with E-state index in [4.69, 9.17) is 14.2 Å². The van der Waals surface area contributed by atoms with Crippen molar-refractivity contribution in [2.24, 2.45) is 5.92 Å².